The lowest BCUT2D eigenvalue weighted by molar-refractivity contribution is 0.0875. The van der Waals surface area contributed by atoms with Crippen LogP contribution in [0.2, 0.25) is 0 Å². The molecule has 3 heteroatoms. The number of ketones is 1. The zero-order valence-electron chi connectivity index (χ0n) is 11.6. The van der Waals surface area contributed by atoms with Crippen molar-refractivity contribution >= 4 is 16.7 Å². The van der Waals surface area contributed by atoms with Crippen LogP contribution in [0.5, 0.6) is 0 Å². The van der Waals surface area contributed by atoms with Crippen LogP contribution in [-0.2, 0) is 6.54 Å². The van der Waals surface area contributed by atoms with Gasteiger partial charge < -0.3 is 4.98 Å². The first-order valence-electron chi connectivity index (χ1n) is 7.29. The highest BCUT2D eigenvalue weighted by atomic mass is 16.1. The molecule has 0 radical (unpaired) electrons. The van der Waals surface area contributed by atoms with Gasteiger partial charge in [0.2, 0.25) is 0 Å². The average molecular weight is 266 g/mol. The van der Waals surface area contributed by atoms with E-state index in [0.29, 0.717) is 0 Å². The summed E-state index contributed by atoms with van der Waals surface area (Å²) in [6.45, 7) is 4.88. The summed E-state index contributed by atoms with van der Waals surface area (Å²) in [5, 5.41) is 1.20. The van der Waals surface area contributed by atoms with Gasteiger partial charge in [0.25, 0.3) is 0 Å². The molecule has 4 heterocycles. The van der Waals surface area contributed by atoms with Crippen LogP contribution in [-0.4, -0.2) is 28.8 Å². The lowest BCUT2D eigenvalue weighted by atomic mass is 9.83. The number of benzene rings is 1. The fraction of sp³-hybridized carbons (Fsp3) is 0.353. The van der Waals surface area contributed by atoms with Gasteiger partial charge in [-0.2, -0.15) is 0 Å². The van der Waals surface area contributed by atoms with Crippen molar-refractivity contribution in [2.75, 3.05) is 13.1 Å². The number of aromatic nitrogens is 1. The quantitative estimate of drug-likeness (QED) is 0.744. The molecule has 1 N–H and O–H groups in total. The number of nitrogens with zero attached hydrogens (tertiary/aromatic N) is 1. The molecule has 0 saturated carbocycles. The van der Waals surface area contributed by atoms with Crippen LogP contribution >= 0.6 is 0 Å². The Morgan fingerprint density at radius 3 is 3.00 bits per heavy atom. The number of carbonyl (C=O) groups is 1. The molecule has 1 aromatic heterocycles. The van der Waals surface area contributed by atoms with Crippen LogP contribution in [0.25, 0.3) is 10.9 Å². The molecule has 2 atom stereocenters. The number of piperidine rings is 1. The number of para-hydroxylation sites is 1. The first kappa shape index (κ1) is 11.9. The zero-order chi connectivity index (χ0) is 13.7. The SMILES string of the molecule is C/C=C1\CN2CCC1C(=O)c1[nH]c3ccccc3c1C2. The van der Waals surface area contributed by atoms with E-state index in [4.69, 9.17) is 0 Å². The van der Waals surface area contributed by atoms with Crippen LogP contribution < -0.4 is 0 Å². The van der Waals surface area contributed by atoms with Gasteiger partial charge >= 0.3 is 0 Å². The Hall–Kier alpha value is -1.87. The van der Waals surface area contributed by atoms with Gasteiger partial charge in [-0.1, -0.05) is 24.3 Å². The van der Waals surface area contributed by atoms with Crippen molar-refractivity contribution in [1.29, 1.82) is 0 Å². The topological polar surface area (TPSA) is 36.1 Å². The van der Waals surface area contributed by atoms with Gasteiger partial charge in [0.05, 0.1) is 5.69 Å². The number of H-pyrrole nitrogens is 1. The van der Waals surface area contributed by atoms with E-state index in [1.807, 2.05) is 19.1 Å². The summed E-state index contributed by atoms with van der Waals surface area (Å²) < 4.78 is 0. The minimum Gasteiger partial charge on any atom is -0.352 e. The van der Waals surface area contributed by atoms with Gasteiger partial charge in [0.1, 0.15) is 0 Å². The van der Waals surface area contributed by atoms with E-state index in [-0.39, 0.29) is 11.7 Å². The number of hydrogen-bond acceptors (Lipinski definition) is 2. The Balaban J connectivity index is 1.95. The number of carbonyl (C=O) groups excluding carboxylic acids is 1. The van der Waals surface area contributed by atoms with E-state index in [0.717, 1.165) is 37.3 Å². The lowest BCUT2D eigenvalue weighted by Gasteiger charge is -2.36. The van der Waals surface area contributed by atoms with Crippen LogP contribution in [0.1, 0.15) is 29.4 Å². The third kappa shape index (κ3) is 1.59. The number of fused-ring (bicyclic) bond motifs is 3. The Morgan fingerprint density at radius 2 is 2.15 bits per heavy atom. The molecule has 0 amide bonds. The van der Waals surface area contributed by atoms with Gasteiger partial charge in [0, 0.05) is 35.5 Å². The van der Waals surface area contributed by atoms with E-state index >= 15 is 0 Å². The molecule has 2 unspecified atom stereocenters. The van der Waals surface area contributed by atoms with E-state index in [2.05, 4.69) is 28.1 Å². The Labute approximate surface area is 118 Å². The average Bonchev–Trinajstić information content (AvgIpc) is 2.83. The number of allylic oxidation sites excluding steroid dienone is 1. The van der Waals surface area contributed by atoms with Crippen molar-refractivity contribution in [3.05, 3.63) is 47.2 Å². The summed E-state index contributed by atoms with van der Waals surface area (Å²) in [5.41, 5.74) is 4.38. The largest absolute Gasteiger partial charge is 0.352 e. The molecule has 3 nitrogen and oxygen atoms in total. The van der Waals surface area contributed by atoms with Gasteiger partial charge in [-0.05, 0) is 31.5 Å². The maximum absolute atomic E-state index is 12.9. The van der Waals surface area contributed by atoms with E-state index in [1.54, 1.807) is 0 Å². The highest BCUT2D eigenvalue weighted by Crippen LogP contribution is 2.35. The molecule has 2 aromatic rings. The number of rotatable bonds is 0. The maximum Gasteiger partial charge on any atom is 0.186 e. The zero-order valence-corrected chi connectivity index (χ0v) is 11.6. The number of nitrogens with one attached hydrogen (secondary N) is 1. The molecule has 1 aromatic carbocycles. The first-order chi connectivity index (χ1) is 9.78. The molecule has 1 fully saturated rings. The van der Waals surface area contributed by atoms with Gasteiger partial charge in [-0.25, -0.2) is 0 Å². The van der Waals surface area contributed by atoms with Gasteiger partial charge in [-0.15, -0.1) is 0 Å². The molecular formula is C17H18N2O. The minimum absolute atomic E-state index is 0.0726. The highest BCUT2D eigenvalue weighted by Gasteiger charge is 2.35. The molecule has 0 aliphatic carbocycles. The smallest absolute Gasteiger partial charge is 0.186 e. The number of aromatic amines is 1. The van der Waals surface area contributed by atoms with Crippen molar-refractivity contribution < 1.29 is 4.79 Å². The second-order valence-corrected chi connectivity index (χ2v) is 5.80. The first-order valence-corrected chi connectivity index (χ1v) is 7.29. The minimum atomic E-state index is 0.0726. The fourth-order valence-electron chi connectivity index (χ4n) is 3.64. The Kier molecular flexibility index (Phi) is 2.57. The maximum atomic E-state index is 12.9. The molecule has 2 bridgehead atoms. The van der Waals surface area contributed by atoms with Crippen molar-refractivity contribution in [1.82, 2.24) is 9.88 Å². The summed E-state index contributed by atoms with van der Waals surface area (Å²) in [6.07, 6.45) is 3.08. The predicted octanol–water partition coefficient (Wildman–Crippen LogP) is 3.13. The Morgan fingerprint density at radius 1 is 1.30 bits per heavy atom. The summed E-state index contributed by atoms with van der Waals surface area (Å²) in [5.74, 6) is 0.354. The second kappa shape index (κ2) is 4.32. The monoisotopic (exact) mass is 266 g/mol. The van der Waals surface area contributed by atoms with E-state index in [1.165, 1.54) is 16.5 Å². The normalized spacial score (nSPS) is 27.6. The van der Waals surface area contributed by atoms with Crippen LogP contribution in [0.15, 0.2) is 35.9 Å². The number of Topliss-reactive ketones (excluding diaryl/α,β-unsaturated/α-hetero) is 1. The van der Waals surface area contributed by atoms with Gasteiger partial charge in [-0.3, -0.25) is 9.69 Å². The summed E-state index contributed by atoms with van der Waals surface area (Å²) in [7, 11) is 0. The molecule has 5 rings (SSSR count). The molecule has 0 spiro atoms. The van der Waals surface area contributed by atoms with Gasteiger partial charge in [0.15, 0.2) is 5.78 Å². The molecule has 102 valence electrons. The lowest BCUT2D eigenvalue weighted by Crippen LogP contribution is -2.40. The standard InChI is InChI=1S/C17H18N2O/c1-2-11-9-19-8-7-12(11)17(20)16-14(10-19)13-5-3-4-6-15(13)18-16/h2-6,12,18H,7-10H2,1H3/b11-2+. The van der Waals surface area contributed by atoms with Crippen LogP contribution in [0.3, 0.4) is 0 Å². The van der Waals surface area contributed by atoms with Crippen molar-refractivity contribution in [2.24, 2.45) is 5.92 Å². The van der Waals surface area contributed by atoms with Crippen molar-refractivity contribution in [3.8, 4) is 0 Å². The van der Waals surface area contributed by atoms with Crippen molar-refractivity contribution in [2.45, 2.75) is 19.9 Å². The third-order valence-electron chi connectivity index (χ3n) is 4.72. The van der Waals surface area contributed by atoms with E-state index < -0.39 is 0 Å². The van der Waals surface area contributed by atoms with E-state index in [9.17, 15) is 4.79 Å². The van der Waals surface area contributed by atoms with Crippen LogP contribution in [0.4, 0.5) is 0 Å². The van der Waals surface area contributed by atoms with Crippen molar-refractivity contribution in [3.63, 3.8) is 0 Å². The summed E-state index contributed by atoms with van der Waals surface area (Å²) in [4.78, 5) is 18.7. The van der Waals surface area contributed by atoms with Crippen LogP contribution in [0, 0.1) is 5.92 Å². The molecular weight excluding hydrogens is 248 g/mol. The molecule has 3 aliphatic heterocycles. The molecule has 3 aliphatic rings. The highest BCUT2D eigenvalue weighted by molar-refractivity contribution is 6.04. The fourth-order valence-corrected chi connectivity index (χ4v) is 3.64. The number of hydrogen-bond donors (Lipinski definition) is 1. The third-order valence-corrected chi connectivity index (χ3v) is 4.72. The summed E-state index contributed by atoms with van der Waals surface area (Å²) in [6, 6.07) is 8.24. The Bertz CT molecular complexity index is 726. The second-order valence-electron chi connectivity index (χ2n) is 5.80. The predicted molar refractivity (Wildman–Crippen MR) is 79.8 cm³/mol. The molecule has 20 heavy (non-hydrogen) atoms. The molecule has 1 saturated heterocycles. The summed E-state index contributed by atoms with van der Waals surface area (Å²) >= 11 is 0.